The highest BCUT2D eigenvalue weighted by Crippen LogP contribution is 2.42. The van der Waals surface area contributed by atoms with Crippen LogP contribution in [-0.2, 0) is 14.2 Å². The molecule has 3 rings (SSSR count). The van der Waals surface area contributed by atoms with E-state index in [0.717, 1.165) is 44.6 Å². The van der Waals surface area contributed by atoms with E-state index in [1.54, 1.807) is 0 Å². The standard InChI is InChI=1S/C19H27NO4/c1-18(2,3)24-17(21)20-16-6-4-14(5-7-16)15-8-10-19(11-9-15)22-12-13-23-19/h4-7,15H,8-13H2,1-3H3,(H,20,21). The van der Waals surface area contributed by atoms with E-state index in [-0.39, 0.29) is 5.79 Å². The number of ether oxygens (including phenoxy) is 3. The lowest BCUT2D eigenvalue weighted by atomic mass is 9.81. The number of amides is 1. The van der Waals surface area contributed by atoms with Crippen molar-refractivity contribution in [3.8, 4) is 0 Å². The van der Waals surface area contributed by atoms with E-state index >= 15 is 0 Å². The molecule has 5 heteroatoms. The zero-order chi connectivity index (χ0) is 17.2. The Morgan fingerprint density at radius 2 is 1.71 bits per heavy atom. The second-order valence-electron chi connectivity index (χ2n) is 7.63. The fraction of sp³-hybridized carbons (Fsp3) is 0.632. The molecular weight excluding hydrogens is 306 g/mol. The van der Waals surface area contributed by atoms with Crippen molar-refractivity contribution < 1.29 is 19.0 Å². The Bertz CT molecular complexity index is 560. The maximum absolute atomic E-state index is 11.8. The zero-order valence-electron chi connectivity index (χ0n) is 14.8. The van der Waals surface area contributed by atoms with Gasteiger partial charge in [0, 0.05) is 18.5 Å². The van der Waals surface area contributed by atoms with Crippen LogP contribution in [0.3, 0.4) is 0 Å². The molecule has 1 saturated carbocycles. The highest BCUT2D eigenvalue weighted by Gasteiger charge is 2.40. The first-order valence-corrected chi connectivity index (χ1v) is 8.73. The summed E-state index contributed by atoms with van der Waals surface area (Å²) in [7, 11) is 0. The summed E-state index contributed by atoms with van der Waals surface area (Å²) >= 11 is 0. The number of carbonyl (C=O) groups excluding carboxylic acids is 1. The monoisotopic (exact) mass is 333 g/mol. The number of benzene rings is 1. The van der Waals surface area contributed by atoms with Crippen LogP contribution in [0.1, 0.15) is 57.9 Å². The van der Waals surface area contributed by atoms with Gasteiger partial charge in [0.25, 0.3) is 0 Å². The number of hydrogen-bond acceptors (Lipinski definition) is 4. The van der Waals surface area contributed by atoms with E-state index in [2.05, 4.69) is 17.4 Å². The van der Waals surface area contributed by atoms with Gasteiger partial charge >= 0.3 is 6.09 Å². The van der Waals surface area contributed by atoms with Gasteiger partial charge in [0.1, 0.15) is 5.60 Å². The van der Waals surface area contributed by atoms with E-state index < -0.39 is 11.7 Å². The topological polar surface area (TPSA) is 56.8 Å². The Morgan fingerprint density at radius 1 is 1.12 bits per heavy atom. The van der Waals surface area contributed by atoms with Crippen LogP contribution >= 0.6 is 0 Å². The summed E-state index contributed by atoms with van der Waals surface area (Å²) in [5, 5.41) is 2.77. The summed E-state index contributed by atoms with van der Waals surface area (Å²) in [5.74, 6) is 0.216. The fourth-order valence-electron chi connectivity index (χ4n) is 3.44. The average Bonchev–Trinajstić information content (AvgIpc) is 2.95. The van der Waals surface area contributed by atoms with Crippen LogP contribution in [0.5, 0.6) is 0 Å². The minimum absolute atomic E-state index is 0.311. The van der Waals surface area contributed by atoms with E-state index in [0.29, 0.717) is 5.92 Å². The fourth-order valence-corrected chi connectivity index (χ4v) is 3.44. The van der Waals surface area contributed by atoms with Crippen molar-refractivity contribution in [3.05, 3.63) is 29.8 Å². The van der Waals surface area contributed by atoms with Crippen molar-refractivity contribution >= 4 is 11.8 Å². The van der Waals surface area contributed by atoms with Crippen molar-refractivity contribution in [1.29, 1.82) is 0 Å². The van der Waals surface area contributed by atoms with Gasteiger partial charge in [-0.05, 0) is 57.2 Å². The van der Waals surface area contributed by atoms with Crippen molar-refractivity contribution in [2.75, 3.05) is 18.5 Å². The van der Waals surface area contributed by atoms with E-state index in [1.165, 1.54) is 5.56 Å². The molecule has 1 aromatic rings. The molecule has 0 bridgehead atoms. The maximum Gasteiger partial charge on any atom is 0.412 e. The lowest BCUT2D eigenvalue weighted by Crippen LogP contribution is -2.34. The molecule has 1 aromatic carbocycles. The molecule has 1 amide bonds. The van der Waals surface area contributed by atoms with Gasteiger partial charge in [-0.15, -0.1) is 0 Å². The zero-order valence-corrected chi connectivity index (χ0v) is 14.8. The summed E-state index contributed by atoms with van der Waals surface area (Å²) in [5.41, 5.74) is 1.56. The van der Waals surface area contributed by atoms with Crippen LogP contribution in [0.2, 0.25) is 0 Å². The average molecular weight is 333 g/mol. The molecule has 2 fully saturated rings. The predicted molar refractivity (Wildman–Crippen MR) is 92.1 cm³/mol. The molecule has 0 radical (unpaired) electrons. The largest absolute Gasteiger partial charge is 0.444 e. The summed E-state index contributed by atoms with van der Waals surface area (Å²) in [6.07, 6.45) is 3.62. The number of rotatable bonds is 2. The molecule has 0 unspecified atom stereocenters. The summed E-state index contributed by atoms with van der Waals surface area (Å²) in [6.45, 7) is 6.99. The quantitative estimate of drug-likeness (QED) is 0.869. The van der Waals surface area contributed by atoms with Gasteiger partial charge < -0.3 is 14.2 Å². The molecule has 1 heterocycles. The molecule has 132 valence electrons. The Balaban J connectivity index is 1.54. The number of anilines is 1. The van der Waals surface area contributed by atoms with Gasteiger partial charge in [0.2, 0.25) is 0 Å². The first-order chi connectivity index (χ1) is 11.4. The minimum Gasteiger partial charge on any atom is -0.444 e. The van der Waals surface area contributed by atoms with Gasteiger partial charge in [0.05, 0.1) is 13.2 Å². The first-order valence-electron chi connectivity index (χ1n) is 8.73. The number of nitrogens with one attached hydrogen (secondary N) is 1. The summed E-state index contributed by atoms with van der Waals surface area (Å²) in [6, 6.07) is 8.05. The van der Waals surface area contributed by atoms with E-state index in [9.17, 15) is 4.79 Å². The highest BCUT2D eigenvalue weighted by molar-refractivity contribution is 5.84. The van der Waals surface area contributed by atoms with Crippen molar-refractivity contribution in [2.24, 2.45) is 0 Å². The van der Waals surface area contributed by atoms with Gasteiger partial charge in [-0.25, -0.2) is 4.79 Å². The van der Waals surface area contributed by atoms with Crippen LogP contribution in [0.4, 0.5) is 10.5 Å². The lowest BCUT2D eigenvalue weighted by Gasteiger charge is -2.35. The molecular formula is C19H27NO4. The normalized spacial score (nSPS) is 21.0. The van der Waals surface area contributed by atoms with Crippen LogP contribution in [-0.4, -0.2) is 30.7 Å². The molecule has 24 heavy (non-hydrogen) atoms. The maximum atomic E-state index is 11.8. The van der Waals surface area contributed by atoms with Gasteiger partial charge in [0.15, 0.2) is 5.79 Å². The highest BCUT2D eigenvalue weighted by atomic mass is 16.7. The van der Waals surface area contributed by atoms with Crippen LogP contribution in [0.25, 0.3) is 0 Å². The van der Waals surface area contributed by atoms with Gasteiger partial charge in [-0.2, -0.15) is 0 Å². The van der Waals surface area contributed by atoms with Crippen molar-refractivity contribution in [1.82, 2.24) is 0 Å². The third kappa shape index (κ3) is 4.28. The minimum atomic E-state index is -0.494. The van der Waals surface area contributed by atoms with E-state index in [1.807, 2.05) is 32.9 Å². The number of carbonyl (C=O) groups is 1. The van der Waals surface area contributed by atoms with Crippen molar-refractivity contribution in [2.45, 2.75) is 63.8 Å². The molecule has 1 aliphatic carbocycles. The number of hydrogen-bond donors (Lipinski definition) is 1. The molecule has 1 N–H and O–H groups in total. The molecule has 1 saturated heterocycles. The Hall–Kier alpha value is -1.59. The second kappa shape index (κ2) is 6.73. The SMILES string of the molecule is CC(C)(C)OC(=O)Nc1ccc(C2CCC3(CC2)OCCO3)cc1. The Kier molecular flexibility index (Phi) is 4.83. The molecule has 0 atom stereocenters. The van der Waals surface area contributed by atoms with Crippen LogP contribution in [0, 0.1) is 0 Å². The Morgan fingerprint density at radius 3 is 2.25 bits per heavy atom. The van der Waals surface area contributed by atoms with Gasteiger partial charge in [-0.3, -0.25) is 5.32 Å². The predicted octanol–water partition coefficient (Wildman–Crippen LogP) is 4.43. The smallest absolute Gasteiger partial charge is 0.412 e. The lowest BCUT2D eigenvalue weighted by molar-refractivity contribution is -0.178. The molecule has 2 aliphatic rings. The van der Waals surface area contributed by atoms with Gasteiger partial charge in [-0.1, -0.05) is 12.1 Å². The third-order valence-electron chi connectivity index (χ3n) is 4.59. The molecule has 5 nitrogen and oxygen atoms in total. The summed E-state index contributed by atoms with van der Waals surface area (Å²) in [4.78, 5) is 11.8. The molecule has 1 aliphatic heterocycles. The van der Waals surface area contributed by atoms with Crippen molar-refractivity contribution in [3.63, 3.8) is 0 Å². The van der Waals surface area contributed by atoms with Crippen LogP contribution in [0.15, 0.2) is 24.3 Å². The van der Waals surface area contributed by atoms with Crippen LogP contribution < -0.4 is 5.32 Å². The molecule has 0 aromatic heterocycles. The third-order valence-corrected chi connectivity index (χ3v) is 4.59. The second-order valence-corrected chi connectivity index (χ2v) is 7.63. The Labute approximate surface area is 143 Å². The van der Waals surface area contributed by atoms with E-state index in [4.69, 9.17) is 14.2 Å². The molecule has 1 spiro atoms. The first kappa shape index (κ1) is 17.2. The summed E-state index contributed by atoms with van der Waals surface area (Å²) < 4.78 is 16.8.